The van der Waals surface area contributed by atoms with Gasteiger partial charge in [0.05, 0.1) is 18.9 Å². The minimum atomic E-state index is -0.294. The van der Waals surface area contributed by atoms with Gasteiger partial charge in [0, 0.05) is 39.3 Å². The molecular formula is C15H25N3O2. The molecule has 0 aromatic heterocycles. The number of benzene rings is 1. The molecule has 112 valence electrons. The van der Waals surface area contributed by atoms with Crippen molar-refractivity contribution >= 4 is 5.69 Å². The SMILES string of the molecule is CNCC(O)CN1CCN(c2ccccc2OC)CC1. The van der Waals surface area contributed by atoms with E-state index in [0.717, 1.165) is 44.2 Å². The van der Waals surface area contributed by atoms with E-state index in [-0.39, 0.29) is 6.10 Å². The summed E-state index contributed by atoms with van der Waals surface area (Å²) >= 11 is 0. The summed E-state index contributed by atoms with van der Waals surface area (Å²) in [5.74, 6) is 0.927. The van der Waals surface area contributed by atoms with E-state index in [1.54, 1.807) is 7.11 Å². The quantitative estimate of drug-likeness (QED) is 0.789. The molecule has 1 heterocycles. The molecule has 1 saturated heterocycles. The molecule has 0 amide bonds. The molecule has 0 aliphatic carbocycles. The number of β-amino-alcohol motifs (C(OH)–C–C–N with tert-alkyl or cyclic N) is 1. The number of hydrogen-bond acceptors (Lipinski definition) is 5. The molecule has 2 N–H and O–H groups in total. The molecule has 1 atom stereocenters. The predicted molar refractivity (Wildman–Crippen MR) is 81.6 cm³/mol. The molecule has 1 aliphatic rings. The average Bonchev–Trinajstić information content (AvgIpc) is 2.48. The van der Waals surface area contributed by atoms with Crippen molar-refractivity contribution in [1.29, 1.82) is 0 Å². The molecule has 2 rings (SSSR count). The molecule has 20 heavy (non-hydrogen) atoms. The van der Waals surface area contributed by atoms with Gasteiger partial charge in [-0.2, -0.15) is 0 Å². The summed E-state index contributed by atoms with van der Waals surface area (Å²) in [6.45, 7) is 5.25. The molecule has 1 aromatic rings. The maximum atomic E-state index is 9.83. The van der Waals surface area contributed by atoms with Crippen LogP contribution in [0.2, 0.25) is 0 Å². The molecular weight excluding hydrogens is 254 g/mol. The molecule has 1 fully saturated rings. The van der Waals surface area contributed by atoms with Gasteiger partial charge in [-0.1, -0.05) is 12.1 Å². The van der Waals surface area contributed by atoms with E-state index in [2.05, 4.69) is 21.2 Å². The summed E-state index contributed by atoms with van der Waals surface area (Å²) in [4.78, 5) is 4.66. The molecule has 0 radical (unpaired) electrons. The van der Waals surface area contributed by atoms with Crippen molar-refractivity contribution in [3.05, 3.63) is 24.3 Å². The number of nitrogens with one attached hydrogen (secondary N) is 1. The first kappa shape index (κ1) is 15.1. The van der Waals surface area contributed by atoms with Crippen LogP contribution in [0.3, 0.4) is 0 Å². The van der Waals surface area contributed by atoms with Gasteiger partial charge < -0.3 is 20.1 Å². The van der Waals surface area contributed by atoms with Crippen LogP contribution in [0.25, 0.3) is 0 Å². The number of nitrogens with zero attached hydrogens (tertiary/aromatic N) is 2. The fourth-order valence-electron chi connectivity index (χ4n) is 2.66. The van der Waals surface area contributed by atoms with E-state index in [4.69, 9.17) is 4.74 Å². The molecule has 1 aliphatic heterocycles. The number of methoxy groups -OCH3 is 1. The standard InChI is InChI=1S/C15H25N3O2/c1-16-11-13(19)12-17-7-9-18(10-8-17)14-5-3-4-6-15(14)20-2/h3-6,13,16,19H,7-12H2,1-2H3. The third-order valence-corrected chi connectivity index (χ3v) is 3.71. The number of hydrogen-bond donors (Lipinski definition) is 2. The lowest BCUT2D eigenvalue weighted by Crippen LogP contribution is -2.49. The Morgan fingerprint density at radius 1 is 1.25 bits per heavy atom. The Labute approximate surface area is 121 Å². The fourth-order valence-corrected chi connectivity index (χ4v) is 2.66. The highest BCUT2D eigenvalue weighted by molar-refractivity contribution is 5.58. The van der Waals surface area contributed by atoms with Crippen molar-refractivity contribution < 1.29 is 9.84 Å². The largest absolute Gasteiger partial charge is 0.495 e. The Morgan fingerprint density at radius 3 is 2.60 bits per heavy atom. The number of aliphatic hydroxyl groups excluding tert-OH is 1. The second-order valence-electron chi connectivity index (χ2n) is 5.17. The van der Waals surface area contributed by atoms with Crippen molar-refractivity contribution in [2.75, 3.05) is 58.3 Å². The fraction of sp³-hybridized carbons (Fsp3) is 0.600. The smallest absolute Gasteiger partial charge is 0.142 e. The second-order valence-corrected chi connectivity index (χ2v) is 5.17. The Bertz CT molecular complexity index is 406. The summed E-state index contributed by atoms with van der Waals surface area (Å²) in [5, 5.41) is 12.8. The van der Waals surface area contributed by atoms with Crippen LogP contribution >= 0.6 is 0 Å². The zero-order valence-corrected chi connectivity index (χ0v) is 12.4. The van der Waals surface area contributed by atoms with E-state index < -0.39 is 0 Å². The molecule has 5 heteroatoms. The van der Waals surface area contributed by atoms with Crippen molar-refractivity contribution in [2.45, 2.75) is 6.10 Å². The predicted octanol–water partition coefficient (Wildman–Crippen LogP) is 0.398. The molecule has 0 saturated carbocycles. The third kappa shape index (κ3) is 3.85. The van der Waals surface area contributed by atoms with Crippen LogP contribution in [0.5, 0.6) is 5.75 Å². The van der Waals surface area contributed by atoms with E-state index in [0.29, 0.717) is 6.54 Å². The lowest BCUT2D eigenvalue weighted by Gasteiger charge is -2.37. The second kappa shape index (κ2) is 7.47. The molecule has 5 nitrogen and oxygen atoms in total. The van der Waals surface area contributed by atoms with Crippen molar-refractivity contribution in [1.82, 2.24) is 10.2 Å². The number of anilines is 1. The van der Waals surface area contributed by atoms with Gasteiger partial charge in [-0.15, -0.1) is 0 Å². The molecule has 1 unspecified atom stereocenters. The monoisotopic (exact) mass is 279 g/mol. The van der Waals surface area contributed by atoms with Crippen LogP contribution in [0.1, 0.15) is 0 Å². The van der Waals surface area contributed by atoms with Crippen molar-refractivity contribution in [2.24, 2.45) is 0 Å². The van der Waals surface area contributed by atoms with E-state index >= 15 is 0 Å². The van der Waals surface area contributed by atoms with Crippen LogP contribution in [-0.2, 0) is 0 Å². The summed E-state index contributed by atoms with van der Waals surface area (Å²) in [5.41, 5.74) is 1.16. The van der Waals surface area contributed by atoms with Gasteiger partial charge in [-0.3, -0.25) is 4.90 Å². The number of ether oxygens (including phenoxy) is 1. The summed E-state index contributed by atoms with van der Waals surface area (Å²) in [6, 6.07) is 8.14. The Morgan fingerprint density at radius 2 is 1.95 bits per heavy atom. The van der Waals surface area contributed by atoms with Gasteiger partial charge >= 0.3 is 0 Å². The first-order valence-corrected chi connectivity index (χ1v) is 7.17. The Kier molecular flexibility index (Phi) is 5.64. The number of likely N-dealkylation sites (N-methyl/N-ethyl adjacent to an activating group) is 1. The molecule has 0 bridgehead atoms. The minimum absolute atomic E-state index is 0.294. The maximum Gasteiger partial charge on any atom is 0.142 e. The van der Waals surface area contributed by atoms with Gasteiger partial charge in [0.15, 0.2) is 0 Å². The Balaban J connectivity index is 1.88. The highest BCUT2D eigenvalue weighted by Gasteiger charge is 2.20. The molecule has 1 aromatic carbocycles. The van der Waals surface area contributed by atoms with Gasteiger partial charge in [0.1, 0.15) is 5.75 Å². The molecule has 0 spiro atoms. The van der Waals surface area contributed by atoms with E-state index in [9.17, 15) is 5.11 Å². The lowest BCUT2D eigenvalue weighted by molar-refractivity contribution is 0.109. The first-order valence-electron chi connectivity index (χ1n) is 7.17. The van der Waals surface area contributed by atoms with Gasteiger partial charge in [-0.05, 0) is 19.2 Å². The summed E-state index contributed by atoms with van der Waals surface area (Å²) < 4.78 is 5.42. The van der Waals surface area contributed by atoms with Gasteiger partial charge in [0.2, 0.25) is 0 Å². The highest BCUT2D eigenvalue weighted by Crippen LogP contribution is 2.28. The van der Waals surface area contributed by atoms with Gasteiger partial charge in [-0.25, -0.2) is 0 Å². The summed E-state index contributed by atoms with van der Waals surface area (Å²) in [7, 11) is 3.58. The normalized spacial score (nSPS) is 18.1. The minimum Gasteiger partial charge on any atom is -0.495 e. The van der Waals surface area contributed by atoms with Crippen LogP contribution in [0.15, 0.2) is 24.3 Å². The van der Waals surface area contributed by atoms with Crippen molar-refractivity contribution in [3.63, 3.8) is 0 Å². The van der Waals surface area contributed by atoms with Crippen LogP contribution in [0, 0.1) is 0 Å². The van der Waals surface area contributed by atoms with Crippen LogP contribution in [-0.4, -0.2) is 69.5 Å². The highest BCUT2D eigenvalue weighted by atomic mass is 16.5. The number of para-hydroxylation sites is 2. The zero-order valence-electron chi connectivity index (χ0n) is 12.4. The van der Waals surface area contributed by atoms with E-state index in [1.807, 2.05) is 25.2 Å². The zero-order chi connectivity index (χ0) is 14.4. The van der Waals surface area contributed by atoms with Crippen LogP contribution < -0.4 is 15.0 Å². The Hall–Kier alpha value is -1.30. The first-order chi connectivity index (χ1) is 9.74. The topological polar surface area (TPSA) is 48.0 Å². The lowest BCUT2D eigenvalue weighted by atomic mass is 10.2. The third-order valence-electron chi connectivity index (χ3n) is 3.71. The average molecular weight is 279 g/mol. The van der Waals surface area contributed by atoms with E-state index in [1.165, 1.54) is 0 Å². The van der Waals surface area contributed by atoms with Gasteiger partial charge in [0.25, 0.3) is 0 Å². The van der Waals surface area contributed by atoms with Crippen LogP contribution in [0.4, 0.5) is 5.69 Å². The number of rotatable bonds is 6. The number of piperazine rings is 1. The number of aliphatic hydroxyl groups is 1. The maximum absolute atomic E-state index is 9.83. The summed E-state index contributed by atoms with van der Waals surface area (Å²) in [6.07, 6.45) is -0.294. The van der Waals surface area contributed by atoms with Crippen molar-refractivity contribution in [3.8, 4) is 5.75 Å².